The molecule has 3 rings (SSSR count). The summed E-state index contributed by atoms with van der Waals surface area (Å²) in [6, 6.07) is 8.64. The van der Waals surface area contributed by atoms with Gasteiger partial charge >= 0.3 is 0 Å². The van der Waals surface area contributed by atoms with Crippen molar-refractivity contribution in [2.24, 2.45) is 5.92 Å². The summed E-state index contributed by atoms with van der Waals surface area (Å²) >= 11 is 5.90. The average Bonchev–Trinajstić information content (AvgIpc) is 2.61. The Labute approximate surface area is 144 Å². The van der Waals surface area contributed by atoms with Crippen LogP contribution in [-0.4, -0.2) is 34.7 Å². The summed E-state index contributed by atoms with van der Waals surface area (Å²) in [5.41, 5.74) is 0.744. The van der Waals surface area contributed by atoms with Gasteiger partial charge in [-0.25, -0.2) is 4.39 Å². The van der Waals surface area contributed by atoms with Gasteiger partial charge in [0.05, 0.1) is 0 Å². The van der Waals surface area contributed by atoms with Gasteiger partial charge in [0.2, 0.25) is 0 Å². The van der Waals surface area contributed by atoms with Crippen molar-refractivity contribution < 1.29 is 14.0 Å². The first-order valence-electron chi connectivity index (χ1n) is 7.75. The second kappa shape index (κ2) is 7.09. The molecule has 2 heterocycles. The molecule has 1 saturated heterocycles. The zero-order valence-electron chi connectivity index (χ0n) is 12.9. The number of rotatable bonds is 3. The highest BCUT2D eigenvalue weighted by Crippen LogP contribution is 2.23. The molecule has 1 aromatic carbocycles. The van der Waals surface area contributed by atoms with Crippen LogP contribution in [0, 0.1) is 11.7 Å². The Morgan fingerprint density at radius 2 is 1.96 bits per heavy atom. The van der Waals surface area contributed by atoms with E-state index >= 15 is 0 Å². The Hall–Kier alpha value is -2.27. The average molecular weight is 347 g/mol. The number of nitrogens with zero attached hydrogens (tertiary/aromatic N) is 2. The minimum absolute atomic E-state index is 0.0634. The number of carbonyl (C=O) groups excluding carboxylic acids is 2. The number of benzene rings is 1. The van der Waals surface area contributed by atoms with E-state index in [2.05, 4.69) is 4.98 Å². The van der Waals surface area contributed by atoms with Crippen LogP contribution in [0.4, 0.5) is 4.39 Å². The van der Waals surface area contributed by atoms with Crippen LogP contribution in [0.15, 0.2) is 42.6 Å². The first kappa shape index (κ1) is 16.6. The molecule has 124 valence electrons. The number of pyridine rings is 1. The summed E-state index contributed by atoms with van der Waals surface area (Å²) in [4.78, 5) is 30.8. The molecule has 2 aromatic rings. The van der Waals surface area contributed by atoms with E-state index in [9.17, 15) is 14.0 Å². The fraction of sp³-hybridized carbons (Fsp3) is 0.278. The summed E-state index contributed by atoms with van der Waals surface area (Å²) in [7, 11) is 0. The molecule has 6 heteroatoms. The maximum atomic E-state index is 13.0. The lowest BCUT2D eigenvalue weighted by Crippen LogP contribution is -2.42. The van der Waals surface area contributed by atoms with Gasteiger partial charge in [-0.05, 0) is 49.2 Å². The van der Waals surface area contributed by atoms with E-state index in [4.69, 9.17) is 11.6 Å². The van der Waals surface area contributed by atoms with E-state index in [0.717, 1.165) is 6.42 Å². The third-order valence-corrected chi connectivity index (χ3v) is 4.38. The van der Waals surface area contributed by atoms with Gasteiger partial charge < -0.3 is 4.90 Å². The van der Waals surface area contributed by atoms with Crippen LogP contribution in [0.25, 0.3) is 0 Å². The highest BCUT2D eigenvalue weighted by Gasteiger charge is 2.30. The third-order valence-electron chi connectivity index (χ3n) is 4.15. The molecular weight excluding hydrogens is 331 g/mol. The molecule has 0 saturated carbocycles. The van der Waals surface area contributed by atoms with Crippen LogP contribution in [-0.2, 0) is 0 Å². The summed E-state index contributed by atoms with van der Waals surface area (Å²) in [5.74, 6) is -0.952. The number of likely N-dealkylation sites (tertiary alicyclic amines) is 1. The molecule has 4 nitrogen and oxygen atoms in total. The van der Waals surface area contributed by atoms with E-state index in [1.54, 1.807) is 11.0 Å². The van der Waals surface area contributed by atoms with Gasteiger partial charge in [-0.3, -0.25) is 14.6 Å². The second-order valence-electron chi connectivity index (χ2n) is 5.82. The highest BCUT2D eigenvalue weighted by molar-refractivity contribution is 6.30. The Balaban J connectivity index is 1.73. The fourth-order valence-electron chi connectivity index (χ4n) is 2.91. The zero-order valence-corrected chi connectivity index (χ0v) is 13.7. The lowest BCUT2D eigenvalue weighted by molar-refractivity contribution is 0.0632. The number of carbonyl (C=O) groups is 2. The van der Waals surface area contributed by atoms with Crippen LogP contribution < -0.4 is 0 Å². The first-order chi connectivity index (χ1) is 11.5. The minimum atomic E-state index is -0.376. The van der Waals surface area contributed by atoms with E-state index in [1.807, 2.05) is 0 Å². The Morgan fingerprint density at radius 3 is 2.67 bits per heavy atom. The number of Topliss-reactive ketones (excluding diaryl/α,β-unsaturated/α-hetero) is 1. The molecule has 0 N–H and O–H groups in total. The molecular formula is C18H16ClFN2O2. The molecule has 24 heavy (non-hydrogen) atoms. The van der Waals surface area contributed by atoms with Gasteiger partial charge in [0.15, 0.2) is 5.78 Å². The van der Waals surface area contributed by atoms with Crippen LogP contribution in [0.3, 0.4) is 0 Å². The monoisotopic (exact) mass is 346 g/mol. The SMILES string of the molecule is O=C(c1ccc(F)cc1)[C@H]1CCCN(C(=O)c2cc(Cl)ccn2)C1. The number of aromatic nitrogens is 1. The minimum Gasteiger partial charge on any atom is -0.337 e. The van der Waals surface area contributed by atoms with Gasteiger partial charge in [0.1, 0.15) is 11.5 Å². The van der Waals surface area contributed by atoms with Gasteiger partial charge in [-0.1, -0.05) is 11.6 Å². The van der Waals surface area contributed by atoms with E-state index < -0.39 is 0 Å². The largest absolute Gasteiger partial charge is 0.337 e. The predicted molar refractivity (Wildman–Crippen MR) is 88.6 cm³/mol. The third kappa shape index (κ3) is 3.62. The number of halogens is 2. The molecule has 0 radical (unpaired) electrons. The summed E-state index contributed by atoms with van der Waals surface area (Å²) in [6.07, 6.45) is 2.94. The van der Waals surface area contributed by atoms with Gasteiger partial charge in [-0.2, -0.15) is 0 Å². The maximum Gasteiger partial charge on any atom is 0.272 e. The number of ketones is 1. The van der Waals surface area contributed by atoms with Crippen molar-refractivity contribution in [2.75, 3.05) is 13.1 Å². The van der Waals surface area contributed by atoms with Gasteiger partial charge in [0.25, 0.3) is 5.91 Å². The topological polar surface area (TPSA) is 50.3 Å². The molecule has 0 aliphatic carbocycles. The zero-order chi connectivity index (χ0) is 17.1. The number of piperidine rings is 1. The lowest BCUT2D eigenvalue weighted by atomic mass is 9.90. The van der Waals surface area contributed by atoms with E-state index in [1.165, 1.54) is 36.5 Å². The number of amides is 1. The Kier molecular flexibility index (Phi) is 4.90. The molecule has 1 amide bonds. The summed E-state index contributed by atoms with van der Waals surface area (Å²) < 4.78 is 13.0. The van der Waals surface area contributed by atoms with Crippen LogP contribution in [0.5, 0.6) is 0 Å². The normalized spacial score (nSPS) is 17.6. The lowest BCUT2D eigenvalue weighted by Gasteiger charge is -2.31. The molecule has 1 fully saturated rings. The van der Waals surface area contributed by atoms with Crippen molar-refractivity contribution in [3.05, 3.63) is 64.7 Å². The molecule has 1 aliphatic heterocycles. The maximum absolute atomic E-state index is 13.0. The highest BCUT2D eigenvalue weighted by atomic mass is 35.5. The molecule has 1 atom stereocenters. The number of hydrogen-bond donors (Lipinski definition) is 0. The van der Waals surface area contributed by atoms with E-state index in [-0.39, 0.29) is 29.1 Å². The smallest absolute Gasteiger partial charge is 0.272 e. The molecule has 1 aromatic heterocycles. The van der Waals surface area contributed by atoms with Crippen LogP contribution >= 0.6 is 11.6 Å². The predicted octanol–water partition coefficient (Wildman–Crippen LogP) is 3.61. The van der Waals surface area contributed by atoms with Crippen molar-refractivity contribution >= 4 is 23.3 Å². The van der Waals surface area contributed by atoms with Crippen molar-refractivity contribution in [2.45, 2.75) is 12.8 Å². The molecule has 0 spiro atoms. The van der Waals surface area contributed by atoms with Crippen molar-refractivity contribution in [3.8, 4) is 0 Å². The fourth-order valence-corrected chi connectivity index (χ4v) is 3.07. The quantitative estimate of drug-likeness (QED) is 0.798. The first-order valence-corrected chi connectivity index (χ1v) is 8.13. The van der Waals surface area contributed by atoms with Gasteiger partial charge in [0, 0.05) is 35.8 Å². The summed E-state index contributed by atoms with van der Waals surface area (Å²) in [5, 5.41) is 0.448. The molecule has 0 unspecified atom stereocenters. The Bertz CT molecular complexity index is 764. The van der Waals surface area contributed by atoms with E-state index in [0.29, 0.717) is 30.1 Å². The van der Waals surface area contributed by atoms with Gasteiger partial charge in [-0.15, -0.1) is 0 Å². The number of hydrogen-bond acceptors (Lipinski definition) is 3. The van der Waals surface area contributed by atoms with Crippen molar-refractivity contribution in [1.29, 1.82) is 0 Å². The standard InChI is InChI=1S/C18H16ClFN2O2/c19-14-7-8-21-16(10-14)18(24)22-9-1-2-13(11-22)17(23)12-3-5-15(20)6-4-12/h3-8,10,13H,1-2,9,11H2/t13-/m0/s1. The van der Waals surface area contributed by atoms with Crippen LogP contribution in [0.1, 0.15) is 33.7 Å². The van der Waals surface area contributed by atoms with Crippen LogP contribution in [0.2, 0.25) is 5.02 Å². The Morgan fingerprint density at radius 1 is 1.21 bits per heavy atom. The summed E-state index contributed by atoms with van der Waals surface area (Å²) in [6.45, 7) is 0.920. The molecule has 0 bridgehead atoms. The van der Waals surface area contributed by atoms with Crippen molar-refractivity contribution in [1.82, 2.24) is 9.88 Å². The molecule has 1 aliphatic rings. The van der Waals surface area contributed by atoms with Crippen molar-refractivity contribution in [3.63, 3.8) is 0 Å². The second-order valence-corrected chi connectivity index (χ2v) is 6.26.